The molecule has 11 heteroatoms. The van der Waals surface area contributed by atoms with Crippen molar-refractivity contribution in [3.8, 4) is 11.5 Å². The van der Waals surface area contributed by atoms with Gasteiger partial charge in [-0.3, -0.25) is 4.79 Å². The number of phenols is 1. The van der Waals surface area contributed by atoms with Gasteiger partial charge in [-0.05, 0) is 55.0 Å². The zero-order valence-electron chi connectivity index (χ0n) is 25.3. The van der Waals surface area contributed by atoms with Crippen LogP contribution in [0.2, 0.25) is 0 Å². The summed E-state index contributed by atoms with van der Waals surface area (Å²) in [6.45, 7) is 2.94. The van der Waals surface area contributed by atoms with E-state index in [9.17, 15) is 23.1 Å². The lowest BCUT2D eigenvalue weighted by Crippen LogP contribution is -2.36. The first kappa shape index (κ1) is 33.0. The van der Waals surface area contributed by atoms with Gasteiger partial charge in [-0.15, -0.1) is 0 Å². The Balaban J connectivity index is 1.67. The van der Waals surface area contributed by atoms with Gasteiger partial charge in [0.2, 0.25) is 9.84 Å². The maximum absolute atomic E-state index is 13.8. The van der Waals surface area contributed by atoms with Gasteiger partial charge in [-0.25, -0.2) is 13.2 Å². The highest BCUT2D eigenvalue weighted by atomic mass is 32.2. The number of Topliss-reactive ketones (excluding diaryl/α,β-unsaturated/α-hetero) is 1. The van der Waals surface area contributed by atoms with Crippen molar-refractivity contribution in [2.75, 3.05) is 51.4 Å². The van der Waals surface area contributed by atoms with Crippen LogP contribution in [0.15, 0.2) is 65.6 Å². The van der Waals surface area contributed by atoms with Gasteiger partial charge in [0.25, 0.3) is 0 Å². The van der Waals surface area contributed by atoms with Crippen LogP contribution >= 0.6 is 0 Å². The molecule has 0 spiro atoms. The van der Waals surface area contributed by atoms with Crippen LogP contribution in [0.4, 0.5) is 5.69 Å². The molecule has 3 aromatic rings. The van der Waals surface area contributed by atoms with E-state index in [4.69, 9.17) is 18.9 Å². The molecule has 1 aliphatic heterocycles. The van der Waals surface area contributed by atoms with Gasteiger partial charge in [-0.1, -0.05) is 43.3 Å². The number of carbonyl (C=O) groups excluding carboxylic acids is 2. The molecule has 1 N–H and O–H groups in total. The second-order valence-corrected chi connectivity index (χ2v) is 12.5. The lowest BCUT2D eigenvalue weighted by atomic mass is 9.95. The monoisotopic (exact) mass is 625 g/mol. The molecule has 0 aliphatic carbocycles. The molecule has 10 nitrogen and oxygen atoms in total. The Morgan fingerprint density at radius 2 is 1.84 bits per heavy atom. The predicted molar refractivity (Wildman–Crippen MR) is 166 cm³/mol. The second-order valence-electron chi connectivity index (χ2n) is 10.6. The lowest BCUT2D eigenvalue weighted by molar-refractivity contribution is 0.0596. The number of hydrogen-bond acceptors (Lipinski definition) is 10. The van der Waals surface area contributed by atoms with Crippen LogP contribution in [0.25, 0.3) is 0 Å². The SMILES string of the molecule is CCCOCS(=O)(=O)c1ccc(N(CC(=O)c2ccc(Cc3ccccc3)c(C(=O)OC)c2O)CC2CCCO2)c(OC)c1. The minimum Gasteiger partial charge on any atom is -0.506 e. The molecule has 44 heavy (non-hydrogen) atoms. The van der Waals surface area contributed by atoms with Crippen molar-refractivity contribution in [2.45, 2.75) is 43.6 Å². The molecule has 0 bridgehead atoms. The first-order valence-electron chi connectivity index (χ1n) is 14.5. The van der Waals surface area contributed by atoms with Crippen LogP contribution in [0.5, 0.6) is 11.5 Å². The molecule has 4 rings (SSSR count). The third-order valence-corrected chi connectivity index (χ3v) is 8.86. The summed E-state index contributed by atoms with van der Waals surface area (Å²) in [5.74, 6) is -1.86. The first-order valence-corrected chi connectivity index (χ1v) is 16.2. The van der Waals surface area contributed by atoms with E-state index in [0.29, 0.717) is 43.9 Å². The molecule has 0 aromatic heterocycles. The number of ether oxygens (including phenoxy) is 4. The number of rotatable bonds is 15. The Labute approximate surface area is 258 Å². The predicted octanol–water partition coefficient (Wildman–Crippen LogP) is 4.80. The summed E-state index contributed by atoms with van der Waals surface area (Å²) in [6, 6.07) is 17.1. The summed E-state index contributed by atoms with van der Waals surface area (Å²) < 4.78 is 47.4. The zero-order chi connectivity index (χ0) is 31.7. The fourth-order valence-corrected chi connectivity index (χ4v) is 6.22. The smallest absolute Gasteiger partial charge is 0.341 e. The number of sulfone groups is 1. The third kappa shape index (κ3) is 7.96. The van der Waals surface area contributed by atoms with Crippen molar-refractivity contribution < 1.29 is 42.1 Å². The van der Waals surface area contributed by atoms with Crippen LogP contribution in [0, 0.1) is 0 Å². The van der Waals surface area contributed by atoms with Crippen LogP contribution in [0.3, 0.4) is 0 Å². The minimum absolute atomic E-state index is 0.0342. The van der Waals surface area contributed by atoms with Crippen LogP contribution in [-0.2, 0) is 30.5 Å². The molecule has 0 amide bonds. The number of carbonyl (C=O) groups is 2. The molecule has 236 valence electrons. The minimum atomic E-state index is -3.73. The van der Waals surface area contributed by atoms with E-state index in [-0.39, 0.29) is 34.4 Å². The normalized spacial score (nSPS) is 14.8. The standard InChI is InChI=1S/C33H39NO9S/c1-4-16-42-22-44(38,39)26-13-15-28(30(19-26)40-2)34(20-25-11-8-17-43-25)21-29(35)27-14-12-24(18-23-9-6-5-7-10-23)31(32(27)36)33(37)41-3/h5-7,9-10,12-15,19,25,36H,4,8,11,16-18,20-22H2,1-3H3. The molecule has 1 heterocycles. The second kappa shape index (κ2) is 15.2. The number of methoxy groups -OCH3 is 2. The number of ketones is 1. The summed E-state index contributed by atoms with van der Waals surface area (Å²) in [6.07, 6.45) is 2.56. The van der Waals surface area contributed by atoms with Gasteiger partial charge in [0, 0.05) is 25.8 Å². The fourth-order valence-electron chi connectivity index (χ4n) is 5.19. The maximum Gasteiger partial charge on any atom is 0.341 e. The Morgan fingerprint density at radius 1 is 1.07 bits per heavy atom. The van der Waals surface area contributed by atoms with Gasteiger partial charge < -0.3 is 29.0 Å². The molecule has 0 saturated carbocycles. The van der Waals surface area contributed by atoms with Crippen molar-refractivity contribution >= 4 is 27.3 Å². The first-order chi connectivity index (χ1) is 21.2. The highest BCUT2D eigenvalue weighted by Crippen LogP contribution is 2.34. The van der Waals surface area contributed by atoms with E-state index in [2.05, 4.69) is 0 Å². The molecule has 1 unspecified atom stereocenters. The Kier molecular flexibility index (Phi) is 11.4. The molecule has 3 aromatic carbocycles. The number of anilines is 1. The van der Waals surface area contributed by atoms with Crippen LogP contribution < -0.4 is 9.64 Å². The maximum atomic E-state index is 13.8. The summed E-state index contributed by atoms with van der Waals surface area (Å²) >= 11 is 0. The summed E-state index contributed by atoms with van der Waals surface area (Å²) in [5, 5.41) is 11.2. The lowest BCUT2D eigenvalue weighted by Gasteiger charge is -2.29. The van der Waals surface area contributed by atoms with Gasteiger partial charge in [-0.2, -0.15) is 0 Å². The summed E-state index contributed by atoms with van der Waals surface area (Å²) in [5.41, 5.74) is 1.83. The molecular formula is C33H39NO9S. The number of phenolic OH excluding ortho intramolecular Hbond substituents is 1. The highest BCUT2D eigenvalue weighted by Gasteiger charge is 2.28. The zero-order valence-corrected chi connectivity index (χ0v) is 26.1. The Bertz CT molecular complexity index is 1550. The number of nitrogens with zero attached hydrogens (tertiary/aromatic N) is 1. The van der Waals surface area contributed by atoms with E-state index < -0.39 is 33.3 Å². The number of esters is 1. The topological polar surface area (TPSA) is 129 Å². The van der Waals surface area contributed by atoms with E-state index in [1.807, 2.05) is 37.3 Å². The summed E-state index contributed by atoms with van der Waals surface area (Å²) in [7, 11) is -1.09. The van der Waals surface area contributed by atoms with Crippen LogP contribution in [-0.4, -0.2) is 77.8 Å². The third-order valence-electron chi connectivity index (χ3n) is 7.41. The molecule has 1 atom stereocenters. The largest absolute Gasteiger partial charge is 0.506 e. The fraction of sp³-hybridized carbons (Fsp3) is 0.394. The van der Waals surface area contributed by atoms with Crippen molar-refractivity contribution in [1.29, 1.82) is 0 Å². The Morgan fingerprint density at radius 3 is 2.50 bits per heavy atom. The van der Waals surface area contributed by atoms with E-state index in [0.717, 1.165) is 18.4 Å². The average Bonchev–Trinajstić information content (AvgIpc) is 3.54. The molecular weight excluding hydrogens is 586 g/mol. The van der Waals surface area contributed by atoms with E-state index in [1.165, 1.54) is 32.4 Å². The van der Waals surface area contributed by atoms with Gasteiger partial charge in [0.1, 0.15) is 17.1 Å². The number of aromatic hydroxyl groups is 1. The van der Waals surface area contributed by atoms with Gasteiger partial charge in [0.15, 0.2) is 11.7 Å². The molecule has 1 fully saturated rings. The number of benzene rings is 3. The molecule has 1 aliphatic rings. The van der Waals surface area contributed by atoms with Crippen LogP contribution in [0.1, 0.15) is 58.0 Å². The van der Waals surface area contributed by atoms with E-state index >= 15 is 0 Å². The Hall–Kier alpha value is -3.93. The molecule has 1 saturated heterocycles. The van der Waals surface area contributed by atoms with Crippen molar-refractivity contribution in [3.63, 3.8) is 0 Å². The van der Waals surface area contributed by atoms with Gasteiger partial charge >= 0.3 is 5.97 Å². The van der Waals surface area contributed by atoms with Crippen molar-refractivity contribution in [1.82, 2.24) is 0 Å². The molecule has 0 radical (unpaired) electrons. The van der Waals surface area contributed by atoms with Crippen molar-refractivity contribution in [3.05, 3.63) is 82.9 Å². The quantitative estimate of drug-likeness (QED) is 0.143. The number of hydrogen-bond donors (Lipinski definition) is 1. The average molecular weight is 626 g/mol. The summed E-state index contributed by atoms with van der Waals surface area (Å²) in [4.78, 5) is 28.3. The highest BCUT2D eigenvalue weighted by molar-refractivity contribution is 7.91. The van der Waals surface area contributed by atoms with E-state index in [1.54, 1.807) is 17.0 Å². The van der Waals surface area contributed by atoms with Gasteiger partial charge in [0.05, 0.1) is 43.0 Å². The van der Waals surface area contributed by atoms with Crippen molar-refractivity contribution in [2.24, 2.45) is 0 Å².